The second kappa shape index (κ2) is 13.8. The van der Waals surface area contributed by atoms with E-state index in [0.717, 1.165) is 50.4 Å². The summed E-state index contributed by atoms with van der Waals surface area (Å²) in [6.07, 6.45) is 2.23. The summed E-state index contributed by atoms with van der Waals surface area (Å²) in [5, 5.41) is 12.9. The number of aromatic nitrogens is 3. The Balaban J connectivity index is 1.65. The number of hydrogen-bond acceptors (Lipinski definition) is 10. The number of ether oxygens (including phenoxy) is 2. The summed E-state index contributed by atoms with van der Waals surface area (Å²) in [5.74, 6) is 1.86. The normalized spacial score (nSPS) is 16.4. The molecule has 0 amide bonds. The van der Waals surface area contributed by atoms with Crippen molar-refractivity contribution >= 4 is 21.9 Å². The average molecular weight is 537 g/mol. The van der Waals surface area contributed by atoms with Crippen molar-refractivity contribution in [1.29, 1.82) is 0 Å². The molecule has 0 saturated carbocycles. The molecule has 1 aliphatic heterocycles. The van der Waals surface area contributed by atoms with Crippen molar-refractivity contribution in [3.8, 4) is 5.75 Å². The van der Waals surface area contributed by atoms with Crippen LogP contribution < -0.4 is 14.8 Å². The van der Waals surface area contributed by atoms with Crippen molar-refractivity contribution in [2.24, 2.45) is 5.92 Å². The molecule has 2 heterocycles. The Bertz CT molecular complexity index is 1080. The maximum absolute atomic E-state index is 11.8. The lowest BCUT2D eigenvalue weighted by Gasteiger charge is -2.26. The third-order valence-corrected chi connectivity index (χ3v) is 6.54. The van der Waals surface area contributed by atoms with Gasteiger partial charge in [0.1, 0.15) is 18.2 Å². The summed E-state index contributed by atoms with van der Waals surface area (Å²) >= 11 is 0. The molecule has 12 heteroatoms. The molecule has 0 aliphatic carbocycles. The number of nitrogens with zero attached hydrogens (tertiary/aromatic N) is 4. The summed E-state index contributed by atoms with van der Waals surface area (Å²) in [6, 6.07) is 7.71. The number of hydrogen-bond donors (Lipinski definition) is 3. The van der Waals surface area contributed by atoms with Crippen LogP contribution in [-0.2, 0) is 21.2 Å². The highest BCUT2D eigenvalue weighted by Gasteiger charge is 2.17. The first kappa shape index (κ1) is 29.0. The van der Waals surface area contributed by atoms with E-state index in [4.69, 9.17) is 9.47 Å². The van der Waals surface area contributed by atoms with Gasteiger partial charge in [-0.25, -0.2) is 8.42 Å². The quantitative estimate of drug-likeness (QED) is 0.329. The molecule has 2 atom stereocenters. The maximum Gasteiger partial charge on any atom is 0.241 e. The van der Waals surface area contributed by atoms with Crippen LogP contribution in [-0.4, -0.2) is 91.7 Å². The monoisotopic (exact) mass is 536 g/mol. The highest BCUT2D eigenvalue weighted by molar-refractivity contribution is 7.91. The Morgan fingerprint density at radius 3 is 2.38 bits per heavy atom. The SMILES string of the molecule is CC(C)C[C@H](CO)Nc1nc(CC(C)c2ccc(OCCN3CCOCC3)cc2)nc(NS(C)(=O)=O)n1. The Morgan fingerprint density at radius 2 is 1.76 bits per heavy atom. The Kier molecular flexibility index (Phi) is 10.9. The largest absolute Gasteiger partial charge is 0.492 e. The third-order valence-electron chi connectivity index (χ3n) is 5.99. The lowest BCUT2D eigenvalue weighted by molar-refractivity contribution is 0.0322. The van der Waals surface area contributed by atoms with Gasteiger partial charge in [-0.2, -0.15) is 15.0 Å². The van der Waals surface area contributed by atoms with Crippen molar-refractivity contribution in [3.05, 3.63) is 35.7 Å². The smallest absolute Gasteiger partial charge is 0.241 e. The van der Waals surface area contributed by atoms with Crippen LogP contribution >= 0.6 is 0 Å². The van der Waals surface area contributed by atoms with Crippen LogP contribution in [0.4, 0.5) is 11.9 Å². The third kappa shape index (κ3) is 10.4. The molecule has 206 valence electrons. The summed E-state index contributed by atoms with van der Waals surface area (Å²) < 4.78 is 37.2. The molecule has 3 N–H and O–H groups in total. The molecule has 1 aliphatic rings. The second-order valence-corrected chi connectivity index (χ2v) is 11.7. The van der Waals surface area contributed by atoms with Gasteiger partial charge in [0, 0.05) is 26.1 Å². The van der Waals surface area contributed by atoms with Crippen LogP contribution in [0.15, 0.2) is 24.3 Å². The van der Waals surface area contributed by atoms with Crippen LogP contribution in [0.2, 0.25) is 0 Å². The Labute approximate surface area is 220 Å². The van der Waals surface area contributed by atoms with E-state index >= 15 is 0 Å². The van der Waals surface area contributed by atoms with Crippen LogP contribution in [0.25, 0.3) is 0 Å². The van der Waals surface area contributed by atoms with Crippen LogP contribution in [0.1, 0.15) is 44.5 Å². The minimum atomic E-state index is -3.57. The van der Waals surface area contributed by atoms with Gasteiger partial charge in [0.2, 0.25) is 21.9 Å². The molecule has 0 bridgehead atoms. The van der Waals surface area contributed by atoms with Crippen LogP contribution in [0.3, 0.4) is 0 Å². The average Bonchev–Trinajstić information content (AvgIpc) is 2.83. The predicted octanol–water partition coefficient (Wildman–Crippen LogP) is 2.12. The second-order valence-electron chi connectivity index (χ2n) is 9.90. The standard InChI is InChI=1S/C25H40N6O5S/c1-18(2)15-21(17-32)26-24-27-23(28-25(29-24)30-37(4,33)34)16-19(3)20-5-7-22(8-6-20)36-14-11-31-9-12-35-13-10-31/h5-8,18-19,21,32H,9-17H2,1-4H3,(H2,26,27,28,29,30)/t19?,21-/m1/s1. The van der Waals surface area contributed by atoms with E-state index in [9.17, 15) is 13.5 Å². The first-order chi connectivity index (χ1) is 17.6. The molecule has 1 unspecified atom stereocenters. The summed E-state index contributed by atoms with van der Waals surface area (Å²) in [5.41, 5.74) is 1.08. The zero-order valence-corrected chi connectivity index (χ0v) is 23.0. The minimum absolute atomic E-state index is 0.0487. The Morgan fingerprint density at radius 1 is 1.08 bits per heavy atom. The fraction of sp³-hybridized carbons (Fsp3) is 0.640. The van der Waals surface area contributed by atoms with E-state index < -0.39 is 10.0 Å². The number of benzene rings is 1. The molecule has 1 aromatic heterocycles. The van der Waals surface area contributed by atoms with Crippen molar-refractivity contribution in [3.63, 3.8) is 0 Å². The zero-order valence-electron chi connectivity index (χ0n) is 22.2. The van der Waals surface area contributed by atoms with E-state index in [1.807, 2.05) is 24.3 Å². The molecule has 1 fully saturated rings. The van der Waals surface area contributed by atoms with Gasteiger partial charge in [-0.1, -0.05) is 32.9 Å². The first-order valence-corrected chi connectivity index (χ1v) is 14.6. The van der Waals surface area contributed by atoms with Crippen molar-refractivity contribution < 1.29 is 23.0 Å². The van der Waals surface area contributed by atoms with Gasteiger partial charge >= 0.3 is 0 Å². The van der Waals surface area contributed by atoms with E-state index in [0.29, 0.717) is 31.2 Å². The lowest BCUT2D eigenvalue weighted by atomic mass is 9.97. The predicted molar refractivity (Wildman–Crippen MR) is 144 cm³/mol. The molecule has 1 saturated heterocycles. The number of nitrogens with one attached hydrogen (secondary N) is 2. The van der Waals surface area contributed by atoms with Gasteiger partial charge in [0.15, 0.2) is 0 Å². The molecule has 37 heavy (non-hydrogen) atoms. The van der Waals surface area contributed by atoms with E-state index in [2.05, 4.69) is 50.7 Å². The molecule has 0 radical (unpaired) electrons. The van der Waals surface area contributed by atoms with E-state index in [1.54, 1.807) is 0 Å². The molecular formula is C25H40N6O5S. The fourth-order valence-electron chi connectivity index (χ4n) is 4.12. The molecule has 2 aromatic rings. The topological polar surface area (TPSA) is 139 Å². The highest BCUT2D eigenvalue weighted by Crippen LogP contribution is 2.23. The summed E-state index contributed by atoms with van der Waals surface area (Å²) in [7, 11) is -3.57. The maximum atomic E-state index is 11.8. The number of aliphatic hydroxyl groups excluding tert-OH is 1. The number of anilines is 2. The first-order valence-electron chi connectivity index (χ1n) is 12.7. The van der Waals surface area contributed by atoms with Gasteiger partial charge in [-0.3, -0.25) is 9.62 Å². The number of sulfonamides is 1. The lowest BCUT2D eigenvalue weighted by Crippen LogP contribution is -2.38. The van der Waals surface area contributed by atoms with Gasteiger partial charge < -0.3 is 19.9 Å². The van der Waals surface area contributed by atoms with Crippen LogP contribution in [0.5, 0.6) is 5.75 Å². The van der Waals surface area contributed by atoms with Crippen LogP contribution in [0, 0.1) is 5.92 Å². The van der Waals surface area contributed by atoms with Gasteiger partial charge in [-0.05, 0) is 36.0 Å². The molecule has 1 aromatic carbocycles. The minimum Gasteiger partial charge on any atom is -0.492 e. The molecular weight excluding hydrogens is 496 g/mol. The van der Waals surface area contributed by atoms with Gasteiger partial charge in [0.25, 0.3) is 0 Å². The van der Waals surface area contributed by atoms with E-state index in [1.165, 1.54) is 0 Å². The molecule has 3 rings (SSSR count). The zero-order chi connectivity index (χ0) is 26.8. The molecule has 0 spiro atoms. The Hall–Kier alpha value is -2.54. The molecule has 11 nitrogen and oxygen atoms in total. The summed E-state index contributed by atoms with van der Waals surface area (Å²) in [4.78, 5) is 15.4. The van der Waals surface area contributed by atoms with E-state index in [-0.39, 0.29) is 30.5 Å². The fourth-order valence-corrected chi connectivity index (χ4v) is 4.54. The van der Waals surface area contributed by atoms with Crippen molar-refractivity contribution in [2.75, 3.05) is 62.4 Å². The summed E-state index contributed by atoms with van der Waals surface area (Å²) in [6.45, 7) is 11.0. The highest BCUT2D eigenvalue weighted by atomic mass is 32.2. The van der Waals surface area contributed by atoms with Gasteiger partial charge in [-0.15, -0.1) is 0 Å². The van der Waals surface area contributed by atoms with Crippen molar-refractivity contribution in [1.82, 2.24) is 19.9 Å². The number of aliphatic hydroxyl groups is 1. The number of morpholine rings is 1. The van der Waals surface area contributed by atoms with Gasteiger partial charge in [0.05, 0.1) is 32.1 Å². The number of rotatable bonds is 14. The van der Waals surface area contributed by atoms with Crippen molar-refractivity contribution in [2.45, 2.75) is 45.6 Å².